The Balaban J connectivity index is 1.79. The Bertz CT molecular complexity index is 974. The predicted octanol–water partition coefficient (Wildman–Crippen LogP) is 1.94. The first kappa shape index (κ1) is 15.5. The van der Waals surface area contributed by atoms with Crippen LogP contribution >= 0.6 is 0 Å². The van der Waals surface area contributed by atoms with Crippen LogP contribution in [-0.2, 0) is 10.0 Å². The molecule has 0 saturated heterocycles. The topological polar surface area (TPSA) is 94.8 Å². The Labute approximate surface area is 133 Å². The third kappa shape index (κ3) is 3.35. The summed E-state index contributed by atoms with van der Waals surface area (Å²) >= 11 is 0. The maximum atomic E-state index is 12.4. The number of imidazole rings is 1. The molecule has 3 aromatic rings. The lowest BCUT2D eigenvalue weighted by Crippen LogP contribution is -2.27. The van der Waals surface area contributed by atoms with Crippen LogP contribution in [0.4, 0.5) is 0 Å². The van der Waals surface area contributed by atoms with E-state index in [2.05, 4.69) is 14.7 Å². The number of aromatic nitrogens is 2. The summed E-state index contributed by atoms with van der Waals surface area (Å²) in [7, 11) is -3.63. The molecule has 1 heterocycles. The molecule has 7 heteroatoms. The van der Waals surface area contributed by atoms with Crippen LogP contribution in [0.3, 0.4) is 0 Å². The monoisotopic (exact) mass is 331 g/mol. The van der Waals surface area contributed by atoms with Crippen LogP contribution in [0.15, 0.2) is 58.2 Å². The summed E-state index contributed by atoms with van der Waals surface area (Å²) in [6, 6.07) is 14.2. The summed E-state index contributed by atoms with van der Waals surface area (Å²) in [6.45, 7) is 2.26. The minimum Gasteiger partial charge on any atom is -0.306 e. The molecule has 0 radical (unpaired) electrons. The van der Waals surface area contributed by atoms with Crippen LogP contribution in [0, 0.1) is 0 Å². The largest absolute Gasteiger partial charge is 0.323 e. The molecule has 0 unspecified atom stereocenters. The number of fused-ring (bicyclic) bond motifs is 1. The highest BCUT2D eigenvalue weighted by molar-refractivity contribution is 7.89. The minimum atomic E-state index is -3.63. The van der Waals surface area contributed by atoms with E-state index in [0.717, 1.165) is 5.56 Å². The Morgan fingerprint density at radius 1 is 1.04 bits per heavy atom. The average molecular weight is 331 g/mol. The number of hydrogen-bond acceptors (Lipinski definition) is 3. The molecule has 2 aromatic carbocycles. The zero-order chi connectivity index (χ0) is 16.4. The van der Waals surface area contributed by atoms with Gasteiger partial charge in [0.2, 0.25) is 10.0 Å². The third-order valence-corrected chi connectivity index (χ3v) is 5.17. The maximum absolute atomic E-state index is 12.4. The second-order valence-electron chi connectivity index (χ2n) is 5.45. The van der Waals surface area contributed by atoms with Crippen LogP contribution < -0.4 is 10.4 Å². The number of H-pyrrole nitrogens is 2. The highest BCUT2D eigenvalue weighted by atomic mass is 32.2. The standard InChI is InChI=1S/C16H17N3O3S/c1-11(12-5-3-2-4-6-12)10-17-23(21,22)13-7-8-14-15(9-13)19-16(20)18-14/h2-9,11,17H,10H2,1H3,(H2,18,19,20)/t11-/m1/s1. The molecule has 0 saturated carbocycles. The van der Waals surface area contributed by atoms with Crippen molar-refractivity contribution in [3.63, 3.8) is 0 Å². The van der Waals surface area contributed by atoms with Gasteiger partial charge in [-0.2, -0.15) is 0 Å². The predicted molar refractivity (Wildman–Crippen MR) is 89.0 cm³/mol. The van der Waals surface area contributed by atoms with Crippen LogP contribution in [0.1, 0.15) is 18.4 Å². The van der Waals surface area contributed by atoms with E-state index in [9.17, 15) is 13.2 Å². The fraction of sp³-hybridized carbons (Fsp3) is 0.188. The van der Waals surface area contributed by atoms with Gasteiger partial charge in [-0.3, -0.25) is 0 Å². The van der Waals surface area contributed by atoms with Gasteiger partial charge >= 0.3 is 5.69 Å². The molecular weight excluding hydrogens is 314 g/mol. The lowest BCUT2D eigenvalue weighted by atomic mass is 10.0. The molecule has 3 rings (SSSR count). The minimum absolute atomic E-state index is 0.0572. The van der Waals surface area contributed by atoms with Crippen molar-refractivity contribution < 1.29 is 8.42 Å². The SMILES string of the molecule is C[C@H](CNS(=O)(=O)c1ccc2[nH]c(=O)[nH]c2c1)c1ccccc1. The van der Waals surface area contributed by atoms with E-state index >= 15 is 0 Å². The van der Waals surface area contributed by atoms with Gasteiger partial charge in [-0.15, -0.1) is 0 Å². The van der Waals surface area contributed by atoms with Gasteiger partial charge in [0, 0.05) is 6.54 Å². The molecule has 0 aliphatic heterocycles. The van der Waals surface area contributed by atoms with Gasteiger partial charge in [0.25, 0.3) is 0 Å². The van der Waals surface area contributed by atoms with Crippen LogP contribution in [0.5, 0.6) is 0 Å². The van der Waals surface area contributed by atoms with Crippen molar-refractivity contribution in [1.82, 2.24) is 14.7 Å². The summed E-state index contributed by atoms with van der Waals surface area (Å²) in [5, 5.41) is 0. The van der Waals surface area contributed by atoms with E-state index < -0.39 is 10.0 Å². The molecule has 0 bridgehead atoms. The van der Waals surface area contributed by atoms with Gasteiger partial charge in [0.05, 0.1) is 15.9 Å². The molecule has 0 aliphatic rings. The van der Waals surface area contributed by atoms with Crippen LogP contribution in [-0.4, -0.2) is 24.9 Å². The average Bonchev–Trinajstić information content (AvgIpc) is 2.92. The lowest BCUT2D eigenvalue weighted by Gasteiger charge is -2.13. The number of hydrogen-bond donors (Lipinski definition) is 3. The molecule has 0 spiro atoms. The van der Waals surface area contributed by atoms with Crippen molar-refractivity contribution in [1.29, 1.82) is 0 Å². The number of sulfonamides is 1. The highest BCUT2D eigenvalue weighted by Gasteiger charge is 2.16. The molecule has 1 aromatic heterocycles. The quantitative estimate of drug-likeness (QED) is 0.667. The summed E-state index contributed by atoms with van der Waals surface area (Å²) in [6.07, 6.45) is 0. The third-order valence-electron chi connectivity index (χ3n) is 3.75. The zero-order valence-corrected chi connectivity index (χ0v) is 13.4. The first-order valence-electron chi connectivity index (χ1n) is 7.22. The fourth-order valence-electron chi connectivity index (χ4n) is 2.40. The molecule has 120 valence electrons. The Morgan fingerprint density at radius 2 is 1.74 bits per heavy atom. The Morgan fingerprint density at radius 3 is 2.48 bits per heavy atom. The van der Waals surface area contributed by atoms with E-state index in [1.165, 1.54) is 12.1 Å². The van der Waals surface area contributed by atoms with Gasteiger partial charge in [-0.25, -0.2) is 17.9 Å². The zero-order valence-electron chi connectivity index (χ0n) is 12.5. The Kier molecular flexibility index (Phi) is 4.06. The summed E-state index contributed by atoms with van der Waals surface area (Å²) in [4.78, 5) is 16.5. The molecule has 6 nitrogen and oxygen atoms in total. The van der Waals surface area contributed by atoms with Gasteiger partial charge < -0.3 is 9.97 Å². The molecule has 1 atom stereocenters. The van der Waals surface area contributed by atoms with E-state index in [1.807, 2.05) is 37.3 Å². The lowest BCUT2D eigenvalue weighted by molar-refractivity contribution is 0.575. The van der Waals surface area contributed by atoms with E-state index in [4.69, 9.17) is 0 Å². The normalized spacial score (nSPS) is 13.3. The van der Waals surface area contributed by atoms with Crippen molar-refractivity contribution in [3.8, 4) is 0 Å². The Hall–Kier alpha value is -2.38. The van der Waals surface area contributed by atoms with Gasteiger partial charge in [0.1, 0.15) is 0 Å². The van der Waals surface area contributed by atoms with E-state index in [-0.39, 0.29) is 16.5 Å². The van der Waals surface area contributed by atoms with E-state index in [1.54, 1.807) is 6.07 Å². The van der Waals surface area contributed by atoms with Crippen LogP contribution in [0.2, 0.25) is 0 Å². The molecule has 23 heavy (non-hydrogen) atoms. The molecule has 0 fully saturated rings. The first-order chi connectivity index (χ1) is 11.0. The number of rotatable bonds is 5. The van der Waals surface area contributed by atoms with Gasteiger partial charge in [-0.05, 0) is 29.7 Å². The number of aromatic amines is 2. The highest BCUT2D eigenvalue weighted by Crippen LogP contribution is 2.17. The number of nitrogens with one attached hydrogen (secondary N) is 3. The maximum Gasteiger partial charge on any atom is 0.323 e. The van der Waals surface area contributed by atoms with E-state index in [0.29, 0.717) is 17.6 Å². The van der Waals surface area contributed by atoms with Crippen molar-refractivity contribution in [3.05, 3.63) is 64.6 Å². The van der Waals surface area contributed by atoms with Gasteiger partial charge in [0.15, 0.2) is 0 Å². The van der Waals surface area contributed by atoms with Crippen molar-refractivity contribution in [2.45, 2.75) is 17.7 Å². The molecule has 0 aliphatic carbocycles. The molecule has 3 N–H and O–H groups in total. The summed E-state index contributed by atoms with van der Waals surface area (Å²) in [5.74, 6) is 0.0572. The second kappa shape index (κ2) is 6.02. The van der Waals surface area contributed by atoms with Gasteiger partial charge in [-0.1, -0.05) is 37.3 Å². The fourth-order valence-corrected chi connectivity index (χ4v) is 3.55. The molecular formula is C16H17N3O3S. The number of benzene rings is 2. The van der Waals surface area contributed by atoms with Crippen molar-refractivity contribution >= 4 is 21.1 Å². The van der Waals surface area contributed by atoms with Crippen molar-refractivity contribution in [2.24, 2.45) is 0 Å². The summed E-state index contributed by atoms with van der Waals surface area (Å²) in [5.41, 5.74) is 1.75. The smallest absolute Gasteiger partial charge is 0.306 e. The first-order valence-corrected chi connectivity index (χ1v) is 8.71. The summed E-state index contributed by atoms with van der Waals surface area (Å²) < 4.78 is 27.4. The molecule has 0 amide bonds. The second-order valence-corrected chi connectivity index (χ2v) is 7.22. The van der Waals surface area contributed by atoms with Crippen molar-refractivity contribution in [2.75, 3.05) is 6.54 Å². The van der Waals surface area contributed by atoms with Crippen LogP contribution in [0.25, 0.3) is 11.0 Å².